The van der Waals surface area contributed by atoms with E-state index < -0.39 is 11.3 Å². The van der Waals surface area contributed by atoms with Gasteiger partial charge in [-0.25, -0.2) is 9.97 Å². The molecule has 0 saturated carbocycles. The van der Waals surface area contributed by atoms with Crippen molar-refractivity contribution < 1.29 is 13.2 Å². The summed E-state index contributed by atoms with van der Waals surface area (Å²) < 4.78 is 35.4. The Morgan fingerprint density at radius 1 is 1.31 bits per heavy atom. The number of alkyl halides is 3. The highest BCUT2D eigenvalue weighted by atomic mass is 35.5. The lowest BCUT2D eigenvalue weighted by molar-refractivity contribution is -0.0558. The summed E-state index contributed by atoms with van der Waals surface area (Å²) in [5, 5.41) is -1.49. The van der Waals surface area contributed by atoms with Gasteiger partial charge in [0.15, 0.2) is 0 Å². The molecular formula is C6H3ClF3N3. The Hall–Kier alpha value is -1.17. The van der Waals surface area contributed by atoms with Gasteiger partial charge in [-0.15, -0.1) is 0 Å². The van der Waals surface area contributed by atoms with Crippen LogP contribution < -0.4 is 0 Å². The van der Waals surface area contributed by atoms with Crippen molar-refractivity contribution in [3.63, 3.8) is 0 Å². The van der Waals surface area contributed by atoms with Crippen molar-refractivity contribution in [2.24, 2.45) is 4.99 Å². The molecular weight excluding hydrogens is 207 g/mol. The molecule has 13 heavy (non-hydrogen) atoms. The van der Waals surface area contributed by atoms with E-state index in [0.717, 1.165) is 0 Å². The molecule has 0 amide bonds. The molecule has 0 aromatic carbocycles. The van der Waals surface area contributed by atoms with Crippen molar-refractivity contribution in [3.05, 3.63) is 18.5 Å². The molecule has 1 rings (SSSR count). The van der Waals surface area contributed by atoms with Gasteiger partial charge in [0.1, 0.15) is 0 Å². The highest BCUT2D eigenvalue weighted by molar-refractivity contribution is 6.67. The summed E-state index contributed by atoms with van der Waals surface area (Å²) >= 11 is 4.84. The largest absolute Gasteiger partial charge is 0.444 e. The van der Waals surface area contributed by atoms with Crippen molar-refractivity contribution >= 4 is 22.7 Å². The van der Waals surface area contributed by atoms with Gasteiger partial charge in [-0.2, -0.15) is 18.2 Å². The van der Waals surface area contributed by atoms with E-state index in [0.29, 0.717) is 0 Å². The predicted octanol–water partition coefficient (Wildman–Crippen LogP) is 2.31. The fourth-order valence-electron chi connectivity index (χ4n) is 0.500. The second-order valence-electron chi connectivity index (χ2n) is 1.95. The summed E-state index contributed by atoms with van der Waals surface area (Å²) in [6.07, 6.45) is -2.11. The van der Waals surface area contributed by atoms with E-state index >= 15 is 0 Å². The lowest BCUT2D eigenvalue weighted by Crippen LogP contribution is -2.16. The van der Waals surface area contributed by atoms with Gasteiger partial charge in [0.2, 0.25) is 5.17 Å². The average molecular weight is 210 g/mol. The maximum absolute atomic E-state index is 11.8. The van der Waals surface area contributed by atoms with Crippen LogP contribution in [0, 0.1) is 0 Å². The zero-order valence-electron chi connectivity index (χ0n) is 6.09. The number of nitrogens with zero attached hydrogens (tertiary/aromatic N) is 3. The van der Waals surface area contributed by atoms with Gasteiger partial charge in [-0.3, -0.25) is 0 Å². The molecule has 7 heteroatoms. The summed E-state index contributed by atoms with van der Waals surface area (Å²) in [5.74, 6) is -0.315. The van der Waals surface area contributed by atoms with Crippen LogP contribution in [0.5, 0.6) is 0 Å². The Balaban J connectivity index is 2.90. The Kier molecular flexibility index (Phi) is 2.82. The molecule has 1 aromatic rings. The van der Waals surface area contributed by atoms with Crippen LogP contribution in [0.2, 0.25) is 0 Å². The summed E-state index contributed by atoms with van der Waals surface area (Å²) in [4.78, 5) is 9.86. The van der Waals surface area contributed by atoms with Crippen molar-refractivity contribution in [2.75, 3.05) is 0 Å². The molecule has 0 fully saturated rings. The first-order valence-electron chi connectivity index (χ1n) is 3.08. The number of halogens is 4. The van der Waals surface area contributed by atoms with Crippen LogP contribution in [0.1, 0.15) is 0 Å². The first-order chi connectivity index (χ1) is 6.00. The van der Waals surface area contributed by atoms with E-state index in [1.54, 1.807) is 0 Å². The van der Waals surface area contributed by atoms with Crippen molar-refractivity contribution in [1.82, 2.24) is 9.97 Å². The molecule has 1 heterocycles. The smallest absolute Gasteiger partial charge is 0.220 e. The summed E-state index contributed by atoms with van der Waals surface area (Å²) in [6.45, 7) is 0. The van der Waals surface area contributed by atoms with Crippen molar-refractivity contribution in [1.29, 1.82) is 0 Å². The lowest BCUT2D eigenvalue weighted by atomic mass is 10.6. The van der Waals surface area contributed by atoms with Gasteiger partial charge in [-0.05, 0) is 6.07 Å². The highest BCUT2D eigenvalue weighted by Gasteiger charge is 2.34. The molecule has 0 N–H and O–H groups in total. The van der Waals surface area contributed by atoms with Crippen LogP contribution in [0.25, 0.3) is 0 Å². The summed E-state index contributed by atoms with van der Waals surface area (Å²) in [5.41, 5.74) is 0. The van der Waals surface area contributed by atoms with Crippen LogP contribution in [-0.4, -0.2) is 21.3 Å². The van der Waals surface area contributed by atoms with Gasteiger partial charge in [0, 0.05) is 12.4 Å². The van der Waals surface area contributed by atoms with Gasteiger partial charge in [0.25, 0.3) is 5.95 Å². The van der Waals surface area contributed by atoms with Gasteiger partial charge >= 0.3 is 6.18 Å². The average Bonchev–Trinajstić information content (AvgIpc) is 2.04. The molecule has 0 radical (unpaired) electrons. The molecule has 70 valence electrons. The number of hydrogen-bond acceptors (Lipinski definition) is 3. The third-order valence-electron chi connectivity index (χ3n) is 0.984. The third kappa shape index (κ3) is 2.98. The first kappa shape index (κ1) is 9.91. The van der Waals surface area contributed by atoms with E-state index in [-0.39, 0.29) is 5.95 Å². The fraction of sp³-hybridized carbons (Fsp3) is 0.167. The lowest BCUT2D eigenvalue weighted by Gasteiger charge is -2.01. The first-order valence-corrected chi connectivity index (χ1v) is 3.46. The Bertz CT molecular complexity index is 309. The molecule has 3 nitrogen and oxygen atoms in total. The minimum atomic E-state index is -4.65. The maximum Gasteiger partial charge on any atom is 0.444 e. The minimum absolute atomic E-state index is 0.315. The predicted molar refractivity (Wildman–Crippen MR) is 41.0 cm³/mol. The number of aliphatic imine (C=N–C) groups is 1. The van der Waals surface area contributed by atoms with Crippen LogP contribution in [0.15, 0.2) is 23.5 Å². The van der Waals surface area contributed by atoms with Crippen LogP contribution in [-0.2, 0) is 0 Å². The highest BCUT2D eigenvalue weighted by Crippen LogP contribution is 2.21. The normalized spacial score (nSPS) is 13.1. The molecule has 0 aliphatic carbocycles. The molecule has 0 aliphatic rings. The molecule has 0 unspecified atom stereocenters. The fourth-order valence-corrected chi connectivity index (χ4v) is 0.576. The summed E-state index contributed by atoms with van der Waals surface area (Å²) in [7, 11) is 0. The standard InChI is InChI=1S/C6H3ClF3N3/c7-4(6(8,9)10)13-5-11-2-1-3-12-5/h1-3H/b13-4-. The van der Waals surface area contributed by atoms with Gasteiger partial charge in [0.05, 0.1) is 0 Å². The third-order valence-corrected chi connectivity index (χ3v) is 1.28. The number of hydrogen-bond donors (Lipinski definition) is 0. The second kappa shape index (κ2) is 3.69. The molecule has 0 saturated heterocycles. The van der Waals surface area contributed by atoms with Gasteiger partial charge < -0.3 is 0 Å². The molecule has 1 aromatic heterocycles. The Morgan fingerprint density at radius 2 is 1.85 bits per heavy atom. The molecule has 0 atom stereocenters. The van der Waals surface area contributed by atoms with Crippen molar-refractivity contribution in [3.8, 4) is 0 Å². The quantitative estimate of drug-likeness (QED) is 0.666. The Morgan fingerprint density at radius 3 is 2.31 bits per heavy atom. The number of aromatic nitrogens is 2. The number of rotatable bonds is 1. The maximum atomic E-state index is 11.8. The topological polar surface area (TPSA) is 38.1 Å². The summed E-state index contributed by atoms with van der Waals surface area (Å²) in [6, 6.07) is 1.46. The van der Waals surface area contributed by atoms with Crippen LogP contribution in [0.3, 0.4) is 0 Å². The van der Waals surface area contributed by atoms with Gasteiger partial charge in [-0.1, -0.05) is 11.6 Å². The van der Waals surface area contributed by atoms with Crippen molar-refractivity contribution in [2.45, 2.75) is 6.18 Å². The molecule has 0 aliphatic heterocycles. The minimum Gasteiger partial charge on any atom is -0.220 e. The SMILES string of the molecule is FC(F)(F)/C(Cl)=N/c1ncccn1. The second-order valence-corrected chi connectivity index (χ2v) is 2.31. The van der Waals surface area contributed by atoms with E-state index in [1.165, 1.54) is 18.5 Å². The van der Waals surface area contributed by atoms with E-state index in [1.807, 2.05) is 0 Å². The van der Waals surface area contributed by atoms with Crippen LogP contribution >= 0.6 is 11.6 Å². The zero-order valence-corrected chi connectivity index (χ0v) is 6.84. The molecule has 0 spiro atoms. The zero-order chi connectivity index (χ0) is 9.90. The van der Waals surface area contributed by atoms with E-state index in [4.69, 9.17) is 11.6 Å². The Labute approximate surface area is 76.3 Å². The van der Waals surface area contributed by atoms with E-state index in [2.05, 4.69) is 15.0 Å². The van der Waals surface area contributed by atoms with Crippen LogP contribution in [0.4, 0.5) is 19.1 Å². The van der Waals surface area contributed by atoms with E-state index in [9.17, 15) is 13.2 Å². The molecule has 0 bridgehead atoms. The monoisotopic (exact) mass is 209 g/mol.